The van der Waals surface area contributed by atoms with E-state index in [9.17, 15) is 19.2 Å². The van der Waals surface area contributed by atoms with E-state index in [1.807, 2.05) is 31.2 Å². The molecule has 4 rings (SSSR count). The molecule has 46 heavy (non-hydrogen) atoms. The van der Waals surface area contributed by atoms with Gasteiger partial charge in [-0.25, -0.2) is 0 Å². The Hall–Kier alpha value is -3.18. The smallest absolute Gasteiger partial charge is 0.325 e. The fourth-order valence-electron chi connectivity index (χ4n) is 5.75. The minimum Gasteiger partial charge on any atom is -0.465 e. The summed E-state index contributed by atoms with van der Waals surface area (Å²) in [4.78, 5) is 60.7. The molecule has 2 saturated heterocycles. The van der Waals surface area contributed by atoms with Crippen LogP contribution in [0.4, 0.5) is 0 Å². The molecule has 0 aliphatic carbocycles. The largest absolute Gasteiger partial charge is 0.465 e. The van der Waals surface area contributed by atoms with Gasteiger partial charge in [0, 0.05) is 49.3 Å². The zero-order valence-electron chi connectivity index (χ0n) is 26.7. The number of carbonyl (C=O) groups is 4. The van der Waals surface area contributed by atoms with Crippen LogP contribution in [0.5, 0.6) is 0 Å². The highest BCUT2D eigenvalue weighted by Crippen LogP contribution is 2.23. The molecule has 3 amide bonds. The van der Waals surface area contributed by atoms with E-state index in [1.165, 1.54) is 9.80 Å². The van der Waals surface area contributed by atoms with E-state index >= 15 is 0 Å². The topological polar surface area (TPSA) is 99.7 Å². The Kier molecular flexibility index (Phi) is 13.7. The summed E-state index contributed by atoms with van der Waals surface area (Å²) in [5, 5.41) is 1.00. The third-order valence-corrected chi connectivity index (χ3v) is 8.99. The van der Waals surface area contributed by atoms with E-state index in [0.717, 1.165) is 36.3 Å². The first-order valence-electron chi connectivity index (χ1n) is 16.0. The van der Waals surface area contributed by atoms with Gasteiger partial charge in [0.25, 0.3) is 0 Å². The first kappa shape index (κ1) is 35.7. The van der Waals surface area contributed by atoms with Gasteiger partial charge < -0.3 is 24.2 Å². The average molecular weight is 676 g/mol. The molecule has 2 fully saturated rings. The van der Waals surface area contributed by atoms with Gasteiger partial charge in [-0.2, -0.15) is 0 Å². The maximum Gasteiger partial charge on any atom is 0.325 e. The van der Waals surface area contributed by atoms with E-state index in [2.05, 4.69) is 4.90 Å². The lowest BCUT2D eigenvalue weighted by atomic mass is 10.0. The second-order valence-corrected chi connectivity index (χ2v) is 12.6. The third kappa shape index (κ3) is 10.4. The van der Waals surface area contributed by atoms with Crippen molar-refractivity contribution in [3.8, 4) is 0 Å². The van der Waals surface area contributed by atoms with Crippen LogP contribution in [0.1, 0.15) is 36.5 Å². The SMILES string of the molecule is CCOC(=O)CN(CCc1ccc(C)cc1)C(=O)CC1C(=O)N(CCc2ccc(Cl)cc2Cl)CC(=O)N1CCCN1CCOCC1. The van der Waals surface area contributed by atoms with Crippen LogP contribution in [0.3, 0.4) is 0 Å². The van der Waals surface area contributed by atoms with Crippen molar-refractivity contribution in [2.45, 2.75) is 45.6 Å². The maximum absolute atomic E-state index is 14.0. The summed E-state index contributed by atoms with van der Waals surface area (Å²) in [6.07, 6.45) is 1.39. The number of rotatable bonds is 15. The molecule has 0 bridgehead atoms. The molecule has 2 aromatic rings. The Morgan fingerprint density at radius 3 is 2.43 bits per heavy atom. The molecule has 10 nitrogen and oxygen atoms in total. The number of ether oxygens (including phenoxy) is 2. The van der Waals surface area contributed by atoms with Crippen LogP contribution in [-0.4, -0.2) is 122 Å². The number of benzene rings is 2. The summed E-state index contributed by atoms with van der Waals surface area (Å²) in [6.45, 7) is 8.21. The third-order valence-electron chi connectivity index (χ3n) is 8.40. The number of hydrogen-bond donors (Lipinski definition) is 0. The van der Waals surface area contributed by atoms with Crippen LogP contribution in [0, 0.1) is 6.92 Å². The number of nitrogens with zero attached hydrogens (tertiary/aromatic N) is 4. The van der Waals surface area contributed by atoms with Crippen LogP contribution < -0.4 is 0 Å². The van der Waals surface area contributed by atoms with E-state index in [1.54, 1.807) is 30.0 Å². The van der Waals surface area contributed by atoms with Crippen LogP contribution in [0.15, 0.2) is 42.5 Å². The predicted molar refractivity (Wildman–Crippen MR) is 177 cm³/mol. The van der Waals surface area contributed by atoms with Crippen LogP contribution >= 0.6 is 23.2 Å². The molecule has 0 spiro atoms. The number of halogens is 2. The van der Waals surface area contributed by atoms with Crippen molar-refractivity contribution in [2.75, 3.05) is 72.2 Å². The average Bonchev–Trinajstić information content (AvgIpc) is 3.03. The zero-order chi connectivity index (χ0) is 33.1. The highest BCUT2D eigenvalue weighted by molar-refractivity contribution is 6.35. The van der Waals surface area contributed by atoms with Gasteiger partial charge in [-0.15, -0.1) is 0 Å². The molecule has 0 radical (unpaired) electrons. The molecular formula is C34H44Cl2N4O6. The number of esters is 1. The summed E-state index contributed by atoms with van der Waals surface area (Å²) in [5.41, 5.74) is 2.96. The Balaban J connectivity index is 1.50. The highest BCUT2D eigenvalue weighted by atomic mass is 35.5. The predicted octanol–water partition coefficient (Wildman–Crippen LogP) is 3.63. The number of piperazine rings is 1. The van der Waals surface area contributed by atoms with Crippen molar-refractivity contribution in [1.82, 2.24) is 19.6 Å². The number of aryl methyl sites for hydroxylation is 1. The van der Waals surface area contributed by atoms with Crippen molar-refractivity contribution in [3.63, 3.8) is 0 Å². The first-order chi connectivity index (χ1) is 22.1. The van der Waals surface area contributed by atoms with Gasteiger partial charge in [-0.1, -0.05) is 59.1 Å². The molecule has 0 aromatic heterocycles. The zero-order valence-corrected chi connectivity index (χ0v) is 28.2. The highest BCUT2D eigenvalue weighted by Gasteiger charge is 2.41. The maximum atomic E-state index is 14.0. The standard InChI is InChI=1S/C34H44Cl2N4O6/c1-3-46-33(43)24-38(15-11-26-7-5-25(2)6-8-26)31(41)22-30-34(44)39(16-12-27-9-10-28(35)21-29(27)36)23-32(42)40(30)14-4-13-37-17-19-45-20-18-37/h5-10,21,30H,3-4,11-20,22-24H2,1-2H3. The van der Waals surface area contributed by atoms with E-state index < -0.39 is 12.0 Å². The lowest BCUT2D eigenvalue weighted by Gasteiger charge is -2.41. The summed E-state index contributed by atoms with van der Waals surface area (Å²) in [5.74, 6) is -1.40. The van der Waals surface area contributed by atoms with Gasteiger partial charge >= 0.3 is 5.97 Å². The van der Waals surface area contributed by atoms with Crippen molar-refractivity contribution in [3.05, 3.63) is 69.2 Å². The lowest BCUT2D eigenvalue weighted by Crippen LogP contribution is -2.61. The Bertz CT molecular complexity index is 1350. The monoisotopic (exact) mass is 674 g/mol. The van der Waals surface area contributed by atoms with Crippen LogP contribution in [-0.2, 0) is 41.5 Å². The van der Waals surface area contributed by atoms with Crippen molar-refractivity contribution in [2.24, 2.45) is 0 Å². The van der Waals surface area contributed by atoms with Crippen molar-refractivity contribution >= 4 is 46.9 Å². The quantitative estimate of drug-likeness (QED) is 0.266. The van der Waals surface area contributed by atoms with Crippen LogP contribution in [0.25, 0.3) is 0 Å². The van der Waals surface area contributed by atoms with Gasteiger partial charge in [-0.3, -0.25) is 24.1 Å². The first-order valence-corrected chi connectivity index (χ1v) is 16.7. The van der Waals surface area contributed by atoms with E-state index in [0.29, 0.717) is 49.1 Å². The normalized spacial score (nSPS) is 17.3. The fraction of sp³-hybridized carbons (Fsp3) is 0.529. The van der Waals surface area contributed by atoms with Crippen LogP contribution in [0.2, 0.25) is 10.0 Å². The Morgan fingerprint density at radius 2 is 1.74 bits per heavy atom. The Labute approximate surface area is 281 Å². The lowest BCUT2D eigenvalue weighted by molar-refractivity contribution is -0.159. The molecule has 2 aliphatic rings. The van der Waals surface area contributed by atoms with Crippen molar-refractivity contribution < 1.29 is 28.7 Å². The molecule has 1 atom stereocenters. The minimum atomic E-state index is -0.983. The summed E-state index contributed by atoms with van der Waals surface area (Å²) < 4.78 is 10.6. The van der Waals surface area contributed by atoms with Gasteiger partial charge in [0.2, 0.25) is 17.7 Å². The molecule has 0 N–H and O–H groups in total. The number of carbonyl (C=O) groups excluding carboxylic acids is 4. The second-order valence-electron chi connectivity index (χ2n) is 11.7. The second kappa shape index (κ2) is 17.7. The summed E-state index contributed by atoms with van der Waals surface area (Å²) in [7, 11) is 0. The molecule has 1 unspecified atom stereocenters. The molecule has 12 heteroatoms. The summed E-state index contributed by atoms with van der Waals surface area (Å²) in [6, 6.07) is 12.2. The summed E-state index contributed by atoms with van der Waals surface area (Å²) >= 11 is 12.4. The minimum absolute atomic E-state index is 0.0771. The fourth-order valence-corrected chi connectivity index (χ4v) is 6.26. The van der Waals surface area contributed by atoms with E-state index in [4.69, 9.17) is 32.7 Å². The van der Waals surface area contributed by atoms with Gasteiger partial charge in [0.05, 0.1) is 32.8 Å². The molecule has 2 heterocycles. The molecule has 0 saturated carbocycles. The van der Waals surface area contributed by atoms with Gasteiger partial charge in [0.15, 0.2) is 0 Å². The van der Waals surface area contributed by atoms with Gasteiger partial charge in [0.1, 0.15) is 12.6 Å². The number of amides is 3. The van der Waals surface area contributed by atoms with E-state index in [-0.39, 0.29) is 56.9 Å². The number of hydrogen-bond acceptors (Lipinski definition) is 7. The molecule has 2 aliphatic heterocycles. The Morgan fingerprint density at radius 1 is 1.00 bits per heavy atom. The molecule has 2 aromatic carbocycles. The molecule has 250 valence electrons. The molecular weight excluding hydrogens is 631 g/mol. The van der Waals surface area contributed by atoms with Crippen molar-refractivity contribution in [1.29, 1.82) is 0 Å². The van der Waals surface area contributed by atoms with Gasteiger partial charge in [-0.05, 0) is 56.4 Å². The number of morpholine rings is 1.